The van der Waals surface area contributed by atoms with Crippen molar-refractivity contribution in [2.45, 2.75) is 39.2 Å². The summed E-state index contributed by atoms with van der Waals surface area (Å²) >= 11 is 0. The fourth-order valence-electron chi connectivity index (χ4n) is 3.38. The van der Waals surface area contributed by atoms with Crippen LogP contribution < -0.4 is 4.90 Å². The van der Waals surface area contributed by atoms with Crippen molar-refractivity contribution in [3.63, 3.8) is 0 Å². The number of nitrogens with zero attached hydrogens (tertiary/aromatic N) is 1. The van der Waals surface area contributed by atoms with E-state index in [0.29, 0.717) is 17.9 Å². The Hall–Kier alpha value is -1.31. The molecule has 3 rings (SSSR count). The van der Waals surface area contributed by atoms with E-state index in [9.17, 15) is 4.79 Å². The van der Waals surface area contributed by atoms with Crippen LogP contribution in [-0.4, -0.2) is 11.9 Å². The van der Waals surface area contributed by atoms with Gasteiger partial charge in [-0.25, -0.2) is 0 Å². The summed E-state index contributed by atoms with van der Waals surface area (Å²) in [5, 5.41) is 0. The van der Waals surface area contributed by atoms with Crippen LogP contribution in [0.4, 0.5) is 5.69 Å². The second kappa shape index (κ2) is 3.59. The average molecular weight is 229 g/mol. The summed E-state index contributed by atoms with van der Waals surface area (Å²) in [6.45, 7) is 4.41. The van der Waals surface area contributed by atoms with Gasteiger partial charge in [0.2, 0.25) is 5.91 Å². The summed E-state index contributed by atoms with van der Waals surface area (Å²) < 4.78 is 0. The first-order chi connectivity index (χ1) is 8.12. The van der Waals surface area contributed by atoms with Crippen molar-refractivity contribution in [3.05, 3.63) is 30.3 Å². The molecule has 1 amide bonds. The molecule has 2 bridgehead atoms. The highest BCUT2D eigenvalue weighted by atomic mass is 16.2. The van der Waals surface area contributed by atoms with E-state index in [-0.39, 0.29) is 5.41 Å². The average Bonchev–Trinajstić information content (AvgIpc) is 2.56. The van der Waals surface area contributed by atoms with Gasteiger partial charge in [-0.05, 0) is 37.3 Å². The third kappa shape index (κ3) is 1.50. The number of hydrogen-bond acceptors (Lipinski definition) is 1. The van der Waals surface area contributed by atoms with Crippen molar-refractivity contribution < 1.29 is 4.79 Å². The summed E-state index contributed by atoms with van der Waals surface area (Å²) in [5.41, 5.74) is 0.965. The second-order valence-electron chi connectivity index (χ2n) is 5.86. The number of amides is 1. The van der Waals surface area contributed by atoms with E-state index in [0.717, 1.165) is 18.5 Å². The molecular weight excluding hydrogens is 210 g/mol. The normalized spacial score (nSPS) is 36.4. The van der Waals surface area contributed by atoms with Crippen LogP contribution in [-0.2, 0) is 4.79 Å². The molecule has 0 radical (unpaired) electrons. The van der Waals surface area contributed by atoms with Gasteiger partial charge in [-0.3, -0.25) is 4.79 Å². The standard InChI is InChI=1S/C15H19NO/c1-11-8-9-15(2)10-13(11)16(14(15)17)12-6-4-3-5-7-12/h3-7,11,13H,8-10H2,1-2H3. The zero-order valence-electron chi connectivity index (χ0n) is 10.5. The molecule has 0 aromatic heterocycles. The molecule has 3 atom stereocenters. The highest BCUT2D eigenvalue weighted by molar-refractivity contribution is 6.00. The van der Waals surface area contributed by atoms with Crippen LogP contribution in [0.2, 0.25) is 0 Å². The van der Waals surface area contributed by atoms with Gasteiger partial charge < -0.3 is 4.90 Å². The molecule has 1 heterocycles. The van der Waals surface area contributed by atoms with Crippen LogP contribution in [0.3, 0.4) is 0 Å². The predicted molar refractivity (Wildman–Crippen MR) is 68.8 cm³/mol. The molecule has 90 valence electrons. The fourth-order valence-corrected chi connectivity index (χ4v) is 3.38. The maximum absolute atomic E-state index is 12.6. The lowest BCUT2D eigenvalue weighted by atomic mass is 9.73. The van der Waals surface area contributed by atoms with Crippen molar-refractivity contribution in [2.24, 2.45) is 11.3 Å². The summed E-state index contributed by atoms with van der Waals surface area (Å²) in [5.74, 6) is 0.952. The van der Waals surface area contributed by atoms with Gasteiger partial charge in [0.15, 0.2) is 0 Å². The second-order valence-corrected chi connectivity index (χ2v) is 5.86. The van der Waals surface area contributed by atoms with Crippen molar-refractivity contribution in [3.8, 4) is 0 Å². The Balaban J connectivity index is 2.03. The topological polar surface area (TPSA) is 20.3 Å². The first-order valence-electron chi connectivity index (χ1n) is 6.50. The van der Waals surface area contributed by atoms with Crippen LogP contribution in [0.25, 0.3) is 0 Å². The number of para-hydroxylation sites is 1. The van der Waals surface area contributed by atoms with Gasteiger partial charge in [0.25, 0.3) is 0 Å². The van der Waals surface area contributed by atoms with Gasteiger partial charge in [-0.1, -0.05) is 32.0 Å². The van der Waals surface area contributed by atoms with E-state index in [1.165, 1.54) is 6.42 Å². The zero-order chi connectivity index (χ0) is 12.0. The van der Waals surface area contributed by atoms with E-state index in [1.54, 1.807) is 0 Å². The summed E-state index contributed by atoms with van der Waals surface area (Å²) in [6, 6.07) is 10.5. The summed E-state index contributed by atoms with van der Waals surface area (Å²) in [7, 11) is 0. The molecule has 0 spiro atoms. The SMILES string of the molecule is CC1CCC2(C)CC1N(c1ccccc1)C2=O. The van der Waals surface area contributed by atoms with Crippen LogP contribution in [0, 0.1) is 11.3 Å². The Morgan fingerprint density at radius 2 is 2.00 bits per heavy atom. The Morgan fingerprint density at radius 3 is 2.71 bits per heavy atom. The van der Waals surface area contributed by atoms with Crippen molar-refractivity contribution >= 4 is 11.6 Å². The largest absolute Gasteiger partial charge is 0.309 e. The van der Waals surface area contributed by atoms with Crippen molar-refractivity contribution in [2.75, 3.05) is 4.90 Å². The molecule has 2 aliphatic rings. The first-order valence-corrected chi connectivity index (χ1v) is 6.50. The molecule has 0 N–H and O–H groups in total. The summed E-state index contributed by atoms with van der Waals surface area (Å²) in [4.78, 5) is 14.6. The fraction of sp³-hybridized carbons (Fsp3) is 0.533. The first kappa shape index (κ1) is 10.8. The monoisotopic (exact) mass is 229 g/mol. The number of carbonyl (C=O) groups excluding carboxylic acids is 1. The minimum Gasteiger partial charge on any atom is -0.309 e. The lowest BCUT2D eigenvalue weighted by molar-refractivity contribution is -0.125. The quantitative estimate of drug-likeness (QED) is 0.724. The predicted octanol–water partition coefficient (Wildman–Crippen LogP) is 3.23. The summed E-state index contributed by atoms with van der Waals surface area (Å²) in [6.07, 6.45) is 3.25. The van der Waals surface area contributed by atoms with Gasteiger partial charge in [0.1, 0.15) is 0 Å². The van der Waals surface area contributed by atoms with Crippen LogP contribution in [0.15, 0.2) is 30.3 Å². The molecule has 1 saturated heterocycles. The molecule has 1 aromatic rings. The number of hydrogen-bond donors (Lipinski definition) is 0. The van der Waals surface area contributed by atoms with Gasteiger partial charge in [0, 0.05) is 17.1 Å². The van der Waals surface area contributed by atoms with Gasteiger partial charge in [-0.2, -0.15) is 0 Å². The van der Waals surface area contributed by atoms with Gasteiger partial charge in [0.05, 0.1) is 0 Å². The van der Waals surface area contributed by atoms with Crippen molar-refractivity contribution in [1.82, 2.24) is 0 Å². The highest BCUT2D eigenvalue weighted by Gasteiger charge is 2.53. The number of anilines is 1. The maximum atomic E-state index is 12.6. The molecule has 1 aromatic carbocycles. The van der Waals surface area contributed by atoms with E-state index in [4.69, 9.17) is 0 Å². The minimum atomic E-state index is -0.104. The number of benzene rings is 1. The van der Waals surface area contributed by atoms with E-state index >= 15 is 0 Å². The molecular formula is C15H19NO. The van der Waals surface area contributed by atoms with Gasteiger partial charge in [-0.15, -0.1) is 0 Å². The van der Waals surface area contributed by atoms with Crippen molar-refractivity contribution in [1.29, 1.82) is 0 Å². The van der Waals surface area contributed by atoms with Crippen LogP contribution in [0.5, 0.6) is 0 Å². The zero-order valence-corrected chi connectivity index (χ0v) is 10.5. The molecule has 17 heavy (non-hydrogen) atoms. The van der Waals surface area contributed by atoms with Crippen LogP contribution >= 0.6 is 0 Å². The molecule has 1 aliphatic carbocycles. The molecule has 2 nitrogen and oxygen atoms in total. The third-order valence-corrected chi connectivity index (χ3v) is 4.57. The Labute approximate surface area is 103 Å². The molecule has 2 heteroatoms. The Bertz CT molecular complexity index is 441. The third-order valence-electron chi connectivity index (χ3n) is 4.57. The minimum absolute atomic E-state index is 0.104. The van der Waals surface area contributed by atoms with E-state index < -0.39 is 0 Å². The molecule has 3 unspecified atom stereocenters. The smallest absolute Gasteiger partial charge is 0.233 e. The van der Waals surface area contributed by atoms with Crippen LogP contribution in [0.1, 0.15) is 33.1 Å². The van der Waals surface area contributed by atoms with E-state index in [1.807, 2.05) is 18.2 Å². The lowest BCUT2D eigenvalue weighted by Crippen LogP contribution is -2.36. The molecule has 2 fully saturated rings. The van der Waals surface area contributed by atoms with Gasteiger partial charge >= 0.3 is 0 Å². The Kier molecular flexibility index (Phi) is 2.29. The van der Waals surface area contributed by atoms with E-state index in [2.05, 4.69) is 30.9 Å². The number of rotatable bonds is 1. The maximum Gasteiger partial charge on any atom is 0.233 e. The molecule has 1 aliphatic heterocycles. The lowest BCUT2D eigenvalue weighted by Gasteiger charge is -2.31. The molecule has 1 saturated carbocycles. The highest BCUT2D eigenvalue weighted by Crippen LogP contribution is 2.49. The Morgan fingerprint density at radius 1 is 1.29 bits per heavy atom. The number of fused-ring (bicyclic) bond motifs is 2. The number of carbonyl (C=O) groups is 1.